The number of ether oxygens (including phenoxy) is 3. The van der Waals surface area contributed by atoms with E-state index in [9.17, 15) is 14.4 Å². The van der Waals surface area contributed by atoms with Crippen LogP contribution in [0.15, 0.2) is 85.1 Å². The fourth-order valence-electron chi connectivity index (χ4n) is 9.40. The third kappa shape index (κ3) is 63.3. The molecule has 0 aliphatic carbocycles. The van der Waals surface area contributed by atoms with Crippen molar-refractivity contribution in [1.82, 2.24) is 0 Å². The van der Waals surface area contributed by atoms with Gasteiger partial charge in [0.05, 0.1) is 0 Å². The number of rotatable bonds is 60. The Morgan fingerprint density at radius 3 is 0.805 bits per heavy atom. The monoisotopic (exact) mass is 1070 g/mol. The number of carbonyl (C=O) groups is 3. The maximum absolute atomic E-state index is 12.9. The molecule has 0 bridgehead atoms. The number of hydrogen-bond donors (Lipinski definition) is 0. The lowest BCUT2D eigenvalue weighted by molar-refractivity contribution is -0.167. The highest BCUT2D eigenvalue weighted by atomic mass is 16.6. The van der Waals surface area contributed by atoms with Gasteiger partial charge in [0, 0.05) is 19.3 Å². The first-order chi connectivity index (χ1) is 38.0. The zero-order valence-electron chi connectivity index (χ0n) is 51.0. The molecular weight excluding hydrogens is 949 g/mol. The van der Waals surface area contributed by atoms with E-state index in [2.05, 4.69) is 106 Å². The Morgan fingerprint density at radius 2 is 0.506 bits per heavy atom. The molecular formula is C71H124O6. The summed E-state index contributed by atoms with van der Waals surface area (Å²) in [4.78, 5) is 38.4. The molecule has 1 atom stereocenters. The topological polar surface area (TPSA) is 78.9 Å². The van der Waals surface area contributed by atoms with Crippen molar-refractivity contribution in [1.29, 1.82) is 0 Å². The van der Waals surface area contributed by atoms with Gasteiger partial charge in [0.25, 0.3) is 0 Å². The average molecular weight is 1070 g/mol. The molecule has 0 saturated heterocycles. The van der Waals surface area contributed by atoms with Crippen molar-refractivity contribution in [3.63, 3.8) is 0 Å². The second-order valence-corrected chi connectivity index (χ2v) is 22.0. The largest absolute Gasteiger partial charge is 0.462 e. The molecule has 0 radical (unpaired) electrons. The smallest absolute Gasteiger partial charge is 0.306 e. The summed E-state index contributed by atoms with van der Waals surface area (Å²) in [5.41, 5.74) is 0. The lowest BCUT2D eigenvalue weighted by Crippen LogP contribution is -2.30. The maximum atomic E-state index is 12.9. The standard InChI is InChI=1S/C71H124O6/c1-4-7-10-13-16-19-22-25-28-30-32-34-35-37-38-40-43-46-49-52-55-58-61-64-70(73)76-67-68(66-75-69(72)63-60-57-54-51-48-45-42-27-24-21-18-15-12-9-6-3)77-71(74)65-62-59-56-53-50-47-44-41-39-36-33-31-29-26-23-20-17-14-11-8-5-2/h7,10,16,19,23,25-28,31-34,42,68H,4-6,8-9,11-15,17-18,20-22,24,29-30,35-41,43-67H2,1-3H3/b10-7-,19-16-,26-23-,28-25-,33-31-,34-32-,42-27-. The van der Waals surface area contributed by atoms with E-state index in [1.165, 1.54) is 193 Å². The molecule has 0 heterocycles. The number of carbonyl (C=O) groups excluding carboxylic acids is 3. The molecule has 0 N–H and O–H groups in total. The third-order valence-electron chi connectivity index (χ3n) is 14.4. The summed E-state index contributed by atoms with van der Waals surface area (Å²) in [7, 11) is 0. The van der Waals surface area contributed by atoms with E-state index >= 15 is 0 Å². The first-order valence-electron chi connectivity index (χ1n) is 33.1. The second kappa shape index (κ2) is 65.1. The highest BCUT2D eigenvalue weighted by Crippen LogP contribution is 2.16. The van der Waals surface area contributed by atoms with E-state index in [1.54, 1.807) is 0 Å². The van der Waals surface area contributed by atoms with Crippen molar-refractivity contribution in [2.45, 2.75) is 335 Å². The molecule has 0 fully saturated rings. The molecule has 0 aromatic rings. The Morgan fingerprint density at radius 1 is 0.273 bits per heavy atom. The molecule has 0 rings (SSSR count). The minimum absolute atomic E-state index is 0.0817. The van der Waals surface area contributed by atoms with Crippen LogP contribution in [0, 0.1) is 0 Å². The van der Waals surface area contributed by atoms with Crippen LogP contribution in [-0.4, -0.2) is 37.2 Å². The number of esters is 3. The molecule has 0 aromatic heterocycles. The Labute approximate surface area is 477 Å². The Bertz CT molecular complexity index is 1470. The van der Waals surface area contributed by atoms with Crippen molar-refractivity contribution < 1.29 is 28.6 Å². The Hall–Kier alpha value is -3.41. The molecule has 6 nitrogen and oxygen atoms in total. The maximum Gasteiger partial charge on any atom is 0.306 e. The Kier molecular flexibility index (Phi) is 62.2. The normalized spacial score (nSPS) is 12.6. The van der Waals surface area contributed by atoms with Crippen molar-refractivity contribution in [3.05, 3.63) is 85.1 Å². The van der Waals surface area contributed by atoms with Crippen LogP contribution in [0.25, 0.3) is 0 Å². The van der Waals surface area contributed by atoms with E-state index in [0.717, 1.165) is 96.3 Å². The molecule has 1 unspecified atom stereocenters. The number of hydrogen-bond acceptors (Lipinski definition) is 6. The Balaban J connectivity index is 4.36. The minimum atomic E-state index is -0.786. The summed E-state index contributed by atoms with van der Waals surface area (Å²) in [6.07, 6.45) is 85.8. The van der Waals surface area contributed by atoms with Crippen LogP contribution >= 0.6 is 0 Å². The van der Waals surface area contributed by atoms with Crippen LogP contribution in [0.5, 0.6) is 0 Å². The van der Waals surface area contributed by atoms with E-state index in [4.69, 9.17) is 14.2 Å². The predicted octanol–water partition coefficient (Wildman–Crippen LogP) is 22.7. The third-order valence-corrected chi connectivity index (χ3v) is 14.4. The summed E-state index contributed by atoms with van der Waals surface area (Å²) in [5, 5.41) is 0. The molecule has 0 aliphatic rings. The first kappa shape index (κ1) is 73.6. The van der Waals surface area contributed by atoms with Gasteiger partial charge in [-0.15, -0.1) is 0 Å². The molecule has 0 aromatic carbocycles. The lowest BCUT2D eigenvalue weighted by atomic mass is 10.1. The van der Waals surface area contributed by atoms with Crippen LogP contribution < -0.4 is 0 Å². The van der Waals surface area contributed by atoms with Crippen LogP contribution in [0.1, 0.15) is 329 Å². The predicted molar refractivity (Wildman–Crippen MR) is 334 cm³/mol. The molecule has 0 spiro atoms. The zero-order chi connectivity index (χ0) is 55.7. The lowest BCUT2D eigenvalue weighted by Gasteiger charge is -2.18. The SMILES string of the molecule is CC/C=C\C/C=C\C/C=C\C/C=C\CCCCCCCCCCCCC(=O)OCC(COC(=O)CCCCCCC/C=C\CCCCCCCC)OC(=O)CCCCCCCCCCC/C=C\C/C=C\CCCCCCC. The average Bonchev–Trinajstić information content (AvgIpc) is 3.43. The van der Waals surface area contributed by atoms with Crippen LogP contribution in [-0.2, 0) is 28.6 Å². The molecule has 0 aliphatic heterocycles. The van der Waals surface area contributed by atoms with Gasteiger partial charge >= 0.3 is 17.9 Å². The summed E-state index contributed by atoms with van der Waals surface area (Å²) in [6.45, 7) is 6.54. The summed E-state index contributed by atoms with van der Waals surface area (Å²) < 4.78 is 17.0. The van der Waals surface area contributed by atoms with Gasteiger partial charge in [-0.05, 0) is 116 Å². The van der Waals surface area contributed by atoms with Crippen molar-refractivity contribution in [2.24, 2.45) is 0 Å². The summed E-state index contributed by atoms with van der Waals surface area (Å²) in [5.74, 6) is -0.884. The second-order valence-electron chi connectivity index (χ2n) is 22.0. The van der Waals surface area contributed by atoms with Crippen molar-refractivity contribution in [3.8, 4) is 0 Å². The summed E-state index contributed by atoms with van der Waals surface area (Å²) in [6, 6.07) is 0. The van der Waals surface area contributed by atoms with Gasteiger partial charge in [-0.25, -0.2) is 0 Å². The number of allylic oxidation sites excluding steroid dienone is 14. The highest BCUT2D eigenvalue weighted by molar-refractivity contribution is 5.71. The molecule has 0 amide bonds. The fraction of sp³-hybridized carbons (Fsp3) is 0.761. The van der Waals surface area contributed by atoms with Gasteiger partial charge < -0.3 is 14.2 Å². The van der Waals surface area contributed by atoms with Gasteiger partial charge in [-0.2, -0.15) is 0 Å². The van der Waals surface area contributed by atoms with Gasteiger partial charge in [0.2, 0.25) is 0 Å². The van der Waals surface area contributed by atoms with E-state index in [0.29, 0.717) is 19.3 Å². The summed E-state index contributed by atoms with van der Waals surface area (Å²) >= 11 is 0. The van der Waals surface area contributed by atoms with Gasteiger partial charge in [-0.3, -0.25) is 14.4 Å². The van der Waals surface area contributed by atoms with Crippen molar-refractivity contribution >= 4 is 17.9 Å². The van der Waals surface area contributed by atoms with Crippen molar-refractivity contribution in [2.75, 3.05) is 13.2 Å². The first-order valence-corrected chi connectivity index (χ1v) is 33.1. The van der Waals surface area contributed by atoms with Crippen LogP contribution in [0.3, 0.4) is 0 Å². The fourth-order valence-corrected chi connectivity index (χ4v) is 9.40. The zero-order valence-corrected chi connectivity index (χ0v) is 51.0. The van der Waals surface area contributed by atoms with Gasteiger partial charge in [0.1, 0.15) is 13.2 Å². The highest BCUT2D eigenvalue weighted by Gasteiger charge is 2.19. The van der Waals surface area contributed by atoms with E-state index < -0.39 is 6.10 Å². The quantitative estimate of drug-likeness (QED) is 0.0261. The molecule has 6 heteroatoms. The van der Waals surface area contributed by atoms with E-state index in [1.807, 2.05) is 0 Å². The van der Waals surface area contributed by atoms with Crippen LogP contribution in [0.4, 0.5) is 0 Å². The number of unbranched alkanes of at least 4 members (excludes halogenated alkanes) is 35. The van der Waals surface area contributed by atoms with E-state index in [-0.39, 0.29) is 31.1 Å². The minimum Gasteiger partial charge on any atom is -0.462 e. The van der Waals surface area contributed by atoms with Crippen LogP contribution in [0.2, 0.25) is 0 Å². The van der Waals surface area contributed by atoms with Gasteiger partial charge in [0.15, 0.2) is 6.10 Å². The molecule has 0 saturated carbocycles. The van der Waals surface area contributed by atoms with Gasteiger partial charge in [-0.1, -0.05) is 279 Å². The molecule has 444 valence electrons. The molecule has 77 heavy (non-hydrogen) atoms.